The number of hydrogen-bond donors (Lipinski definition) is 6. The van der Waals surface area contributed by atoms with Gasteiger partial charge in [-0.3, -0.25) is 4.79 Å². The smallest absolute Gasteiger partial charge is 0.355 e. The van der Waals surface area contributed by atoms with Crippen molar-refractivity contribution in [2.75, 3.05) is 31.9 Å². The second kappa shape index (κ2) is 12.9. The predicted octanol–water partition coefficient (Wildman–Crippen LogP) is -0.568. The molecule has 140 valence electrons. The Labute approximate surface area is 154 Å². The Morgan fingerprint density at radius 3 is 2.28 bits per heavy atom. The van der Waals surface area contributed by atoms with E-state index in [0.29, 0.717) is 51.2 Å². The Bertz CT molecular complexity index is 466. The van der Waals surface area contributed by atoms with Crippen LogP contribution in [0.3, 0.4) is 0 Å². The number of nitrogens with one attached hydrogen (secondary N) is 5. The van der Waals surface area contributed by atoms with Crippen molar-refractivity contribution in [1.29, 1.82) is 5.31 Å². The zero-order valence-corrected chi connectivity index (χ0v) is 15.4. The number of thiol groups is 1. The number of carbonyl (C=O) groups excluding carboxylic acids is 3. The molecule has 0 unspecified atom stereocenters. The van der Waals surface area contributed by atoms with Crippen LogP contribution in [0.1, 0.15) is 32.1 Å². The quantitative estimate of drug-likeness (QED) is 0.166. The van der Waals surface area contributed by atoms with Gasteiger partial charge >= 0.3 is 119 Å². The average molecular weight is 369 g/mol. The van der Waals surface area contributed by atoms with Crippen LogP contribution in [-0.4, -0.2) is 56.9 Å². The summed E-state index contributed by atoms with van der Waals surface area (Å²) in [5.41, 5.74) is 0. The molecule has 1 aliphatic rings. The fraction of sp³-hybridized carbons (Fsp3) is 0.800. The molecule has 1 aliphatic carbocycles. The summed E-state index contributed by atoms with van der Waals surface area (Å²) >= 11 is 4.02. The van der Waals surface area contributed by atoms with E-state index in [9.17, 15) is 14.4 Å². The van der Waals surface area contributed by atoms with Gasteiger partial charge in [0.25, 0.3) is 0 Å². The third kappa shape index (κ3) is 8.48. The van der Waals surface area contributed by atoms with Crippen molar-refractivity contribution >= 4 is 37.6 Å². The topological polar surface area (TPSA) is 123 Å². The standard InChI is InChI=1S/C15H28BN5O3S/c17-16-21-15(24)12-4-2-1-3-11(12)14(23)20-8-7-18-6-5-13(22)19-9-10-25/h11-12,17-18,25H,1-10H2,(H,19,22)(H,20,23)(H,21,24)/t11-,12+/m0/s1. The van der Waals surface area contributed by atoms with Crippen LogP contribution in [0.2, 0.25) is 0 Å². The number of rotatable bonds is 11. The summed E-state index contributed by atoms with van der Waals surface area (Å²) in [7, 11) is 0.863. The Kier molecular flexibility index (Phi) is 11.1. The van der Waals surface area contributed by atoms with Gasteiger partial charge in [-0.2, -0.15) is 12.6 Å². The van der Waals surface area contributed by atoms with Crippen LogP contribution in [0.4, 0.5) is 0 Å². The molecule has 2 atom stereocenters. The Balaban J connectivity index is 2.22. The van der Waals surface area contributed by atoms with Crippen LogP contribution in [-0.2, 0) is 14.4 Å². The van der Waals surface area contributed by atoms with Gasteiger partial charge in [0.1, 0.15) is 0 Å². The maximum atomic E-state index is 12.3. The van der Waals surface area contributed by atoms with E-state index in [1.165, 1.54) is 0 Å². The Morgan fingerprint density at radius 2 is 1.64 bits per heavy atom. The van der Waals surface area contributed by atoms with Crippen LogP contribution < -0.4 is 21.2 Å². The molecular formula is C15H28BN5O3S. The molecular weight excluding hydrogens is 341 g/mol. The SMILES string of the molecule is N=BNC(=O)[C@@H]1CCCC[C@@H]1C(=O)NCCNCCC(=O)NCCS. The molecule has 10 heteroatoms. The van der Waals surface area contributed by atoms with Crippen LogP contribution in [0.25, 0.3) is 0 Å². The first-order valence-corrected chi connectivity index (χ1v) is 9.38. The van der Waals surface area contributed by atoms with Gasteiger partial charge in [0, 0.05) is 12.3 Å². The van der Waals surface area contributed by atoms with Gasteiger partial charge in [0.15, 0.2) is 0 Å². The number of amides is 3. The van der Waals surface area contributed by atoms with Gasteiger partial charge < -0.3 is 5.32 Å². The monoisotopic (exact) mass is 369 g/mol. The molecule has 0 spiro atoms. The molecule has 0 radical (unpaired) electrons. The molecule has 1 saturated carbocycles. The Hall–Kier alpha value is -1.42. The summed E-state index contributed by atoms with van der Waals surface area (Å²) in [4.78, 5) is 35.7. The van der Waals surface area contributed by atoms with E-state index in [2.05, 4.69) is 33.8 Å². The first kappa shape index (κ1) is 21.6. The van der Waals surface area contributed by atoms with E-state index in [1.807, 2.05) is 0 Å². The van der Waals surface area contributed by atoms with Crippen molar-refractivity contribution in [3.8, 4) is 0 Å². The first-order valence-electron chi connectivity index (χ1n) is 8.75. The van der Waals surface area contributed by atoms with E-state index >= 15 is 0 Å². The summed E-state index contributed by atoms with van der Waals surface area (Å²) in [6.45, 7) is 2.12. The van der Waals surface area contributed by atoms with E-state index in [0.717, 1.165) is 20.0 Å². The van der Waals surface area contributed by atoms with Crippen LogP contribution in [0.5, 0.6) is 0 Å². The van der Waals surface area contributed by atoms with Crippen molar-refractivity contribution in [2.45, 2.75) is 32.1 Å². The van der Waals surface area contributed by atoms with Crippen LogP contribution in [0, 0.1) is 17.1 Å². The Morgan fingerprint density at radius 1 is 0.960 bits per heavy atom. The third-order valence-electron chi connectivity index (χ3n) is 4.22. The van der Waals surface area contributed by atoms with Crippen molar-refractivity contribution in [3.05, 3.63) is 0 Å². The molecule has 3 amide bonds. The molecule has 0 aromatic rings. The molecule has 5 N–H and O–H groups in total. The maximum absolute atomic E-state index is 12.3. The normalized spacial score (nSPS) is 19.6. The molecule has 0 saturated heterocycles. The second-order valence-electron chi connectivity index (χ2n) is 6.01. The second-order valence-corrected chi connectivity index (χ2v) is 6.46. The van der Waals surface area contributed by atoms with Gasteiger partial charge in [0.2, 0.25) is 0 Å². The minimum absolute atomic E-state index is 0.0205. The van der Waals surface area contributed by atoms with E-state index < -0.39 is 0 Å². The van der Waals surface area contributed by atoms with Crippen molar-refractivity contribution in [2.24, 2.45) is 11.8 Å². The fourth-order valence-corrected chi connectivity index (χ4v) is 3.06. The predicted molar refractivity (Wildman–Crippen MR) is 99.4 cm³/mol. The van der Waals surface area contributed by atoms with E-state index in [-0.39, 0.29) is 29.6 Å². The molecule has 1 rings (SSSR count). The van der Waals surface area contributed by atoms with E-state index in [4.69, 9.17) is 5.31 Å². The molecule has 1 fully saturated rings. The molecule has 25 heavy (non-hydrogen) atoms. The van der Waals surface area contributed by atoms with Gasteiger partial charge in [-0.15, -0.1) is 0 Å². The van der Waals surface area contributed by atoms with Gasteiger partial charge in [-0.25, -0.2) is 0 Å². The summed E-state index contributed by atoms with van der Waals surface area (Å²) in [6, 6.07) is 0. The minimum Gasteiger partial charge on any atom is -0.355 e. The van der Waals surface area contributed by atoms with Crippen molar-refractivity contribution in [1.82, 2.24) is 21.2 Å². The molecule has 0 bridgehead atoms. The van der Waals surface area contributed by atoms with Gasteiger partial charge in [-0.1, -0.05) is 0 Å². The average Bonchev–Trinajstić information content (AvgIpc) is 2.62. The molecule has 0 heterocycles. The molecule has 0 aromatic heterocycles. The molecule has 0 aliphatic heterocycles. The van der Waals surface area contributed by atoms with Crippen molar-refractivity contribution in [3.63, 3.8) is 0 Å². The summed E-state index contributed by atoms with van der Waals surface area (Å²) in [5, 5.41) is 18.0. The van der Waals surface area contributed by atoms with Gasteiger partial charge in [-0.05, 0) is 0 Å². The summed E-state index contributed by atoms with van der Waals surface area (Å²) < 4.78 is 0. The zero-order chi connectivity index (χ0) is 18.5. The van der Waals surface area contributed by atoms with Crippen molar-refractivity contribution < 1.29 is 14.4 Å². The minimum atomic E-state index is -0.362. The van der Waals surface area contributed by atoms with Crippen LogP contribution in [0.15, 0.2) is 0 Å². The molecule has 8 nitrogen and oxygen atoms in total. The zero-order valence-electron chi connectivity index (χ0n) is 14.5. The summed E-state index contributed by atoms with van der Waals surface area (Å²) in [5.74, 6) is -0.462. The van der Waals surface area contributed by atoms with Gasteiger partial charge in [0.05, 0.1) is 0 Å². The third-order valence-corrected chi connectivity index (χ3v) is 4.44. The first-order chi connectivity index (χ1) is 12.1. The molecule has 0 aromatic carbocycles. The number of carbonyl (C=O) groups is 3. The van der Waals surface area contributed by atoms with E-state index in [1.54, 1.807) is 0 Å². The van der Waals surface area contributed by atoms with Crippen LogP contribution >= 0.6 is 12.6 Å². The fourth-order valence-electron chi connectivity index (χ4n) is 2.95. The summed E-state index contributed by atoms with van der Waals surface area (Å²) in [6.07, 6.45) is 3.62. The number of hydrogen-bond acceptors (Lipinski definition) is 6.